The van der Waals surface area contributed by atoms with Crippen molar-refractivity contribution in [2.24, 2.45) is 0 Å². The van der Waals surface area contributed by atoms with Crippen molar-refractivity contribution in [2.45, 2.75) is 6.54 Å². The molecule has 3 rings (SSSR count). The summed E-state index contributed by atoms with van der Waals surface area (Å²) in [7, 11) is 0. The van der Waals surface area contributed by atoms with Crippen LogP contribution in [0, 0.1) is 0 Å². The smallest absolute Gasteiger partial charge is 0.145 e. The highest BCUT2D eigenvalue weighted by Gasteiger charge is 2.05. The van der Waals surface area contributed by atoms with Crippen LogP contribution in [0.1, 0.15) is 5.01 Å². The van der Waals surface area contributed by atoms with Gasteiger partial charge < -0.3 is 5.32 Å². The molecule has 0 bridgehead atoms. The van der Waals surface area contributed by atoms with Crippen molar-refractivity contribution in [3.63, 3.8) is 0 Å². The van der Waals surface area contributed by atoms with E-state index in [0.29, 0.717) is 17.4 Å². The summed E-state index contributed by atoms with van der Waals surface area (Å²) in [5.41, 5.74) is 2.03. The molecule has 0 amide bonds. The van der Waals surface area contributed by atoms with Crippen LogP contribution >= 0.6 is 22.9 Å². The van der Waals surface area contributed by atoms with E-state index in [-0.39, 0.29) is 0 Å². The molecule has 0 saturated heterocycles. The van der Waals surface area contributed by atoms with Crippen LogP contribution in [-0.4, -0.2) is 15.0 Å². The number of hydrogen-bond donors (Lipinski definition) is 1. The Morgan fingerprint density at radius 1 is 1.15 bits per heavy atom. The Hall–Kier alpha value is -1.98. The normalized spacial score (nSPS) is 10.4. The Morgan fingerprint density at radius 2 is 2.00 bits per heavy atom. The highest BCUT2D eigenvalue weighted by molar-refractivity contribution is 7.09. The lowest BCUT2D eigenvalue weighted by molar-refractivity contribution is 1.08. The number of nitrogens with one attached hydrogen (secondary N) is 1. The molecule has 100 valence electrons. The quantitative estimate of drug-likeness (QED) is 0.795. The summed E-state index contributed by atoms with van der Waals surface area (Å²) in [4.78, 5) is 12.8. The van der Waals surface area contributed by atoms with Crippen molar-refractivity contribution in [1.29, 1.82) is 0 Å². The summed E-state index contributed by atoms with van der Waals surface area (Å²) in [5, 5.41) is 6.82. The lowest BCUT2D eigenvalue weighted by Gasteiger charge is -2.04. The molecule has 0 atom stereocenters. The zero-order chi connectivity index (χ0) is 13.8. The van der Waals surface area contributed by atoms with Crippen molar-refractivity contribution in [1.82, 2.24) is 15.0 Å². The van der Waals surface area contributed by atoms with Gasteiger partial charge in [0.15, 0.2) is 0 Å². The molecule has 0 spiro atoms. The molecule has 4 nitrogen and oxygen atoms in total. The highest BCUT2D eigenvalue weighted by Crippen LogP contribution is 2.23. The molecule has 0 aromatic carbocycles. The minimum Gasteiger partial charge on any atom is -0.362 e. The average molecular weight is 303 g/mol. The molecule has 0 unspecified atom stereocenters. The Kier molecular flexibility index (Phi) is 3.90. The number of halogens is 1. The number of anilines is 1. The van der Waals surface area contributed by atoms with Crippen molar-refractivity contribution in [3.05, 3.63) is 58.3 Å². The van der Waals surface area contributed by atoms with Crippen molar-refractivity contribution < 1.29 is 0 Å². The molecular weight excluding hydrogens is 292 g/mol. The number of nitrogens with zero attached hydrogens (tertiary/aromatic N) is 3. The predicted molar refractivity (Wildman–Crippen MR) is 81.9 cm³/mol. The average Bonchev–Trinajstić information content (AvgIpc) is 2.96. The maximum absolute atomic E-state index is 6.04. The lowest BCUT2D eigenvalue weighted by atomic mass is 10.2. The second-order valence-corrected chi connectivity index (χ2v) is 5.40. The van der Waals surface area contributed by atoms with Crippen molar-refractivity contribution >= 4 is 28.8 Å². The van der Waals surface area contributed by atoms with Gasteiger partial charge >= 0.3 is 0 Å². The maximum Gasteiger partial charge on any atom is 0.145 e. The molecular formula is C14H11ClN4S. The van der Waals surface area contributed by atoms with Crippen molar-refractivity contribution in [2.75, 3.05) is 5.32 Å². The van der Waals surface area contributed by atoms with Gasteiger partial charge in [-0.1, -0.05) is 11.6 Å². The maximum atomic E-state index is 6.04. The lowest BCUT2D eigenvalue weighted by Crippen LogP contribution is -2.01. The third-order valence-corrected chi connectivity index (χ3v) is 3.85. The van der Waals surface area contributed by atoms with Gasteiger partial charge in [0.2, 0.25) is 0 Å². The monoisotopic (exact) mass is 302 g/mol. The first-order valence-corrected chi connectivity index (χ1v) is 7.28. The van der Waals surface area contributed by atoms with Gasteiger partial charge in [0.1, 0.15) is 10.8 Å². The molecule has 3 heterocycles. The van der Waals surface area contributed by atoms with Gasteiger partial charge in [-0.25, -0.2) is 9.97 Å². The van der Waals surface area contributed by atoms with E-state index >= 15 is 0 Å². The zero-order valence-electron chi connectivity index (χ0n) is 10.5. The third kappa shape index (κ3) is 2.95. The molecule has 6 heteroatoms. The van der Waals surface area contributed by atoms with Gasteiger partial charge in [-0.2, -0.15) is 0 Å². The number of aromatic nitrogens is 3. The first-order chi connectivity index (χ1) is 9.83. The summed E-state index contributed by atoms with van der Waals surface area (Å²) in [6.45, 7) is 0.604. The SMILES string of the molecule is Clc1cccnc1NCc1nc(-c2ccncc2)cs1. The Labute approximate surface area is 125 Å². The molecule has 0 aliphatic heterocycles. The molecule has 3 aromatic heterocycles. The van der Waals surface area contributed by atoms with Gasteiger partial charge in [0, 0.05) is 29.5 Å². The van der Waals surface area contributed by atoms with Crippen LogP contribution in [0.5, 0.6) is 0 Å². The standard InChI is InChI=1S/C14H11ClN4S/c15-11-2-1-5-17-14(11)18-8-13-19-12(9-20-13)10-3-6-16-7-4-10/h1-7,9H,8H2,(H,17,18). The zero-order valence-corrected chi connectivity index (χ0v) is 12.0. The van der Waals surface area contributed by atoms with Crippen molar-refractivity contribution in [3.8, 4) is 11.3 Å². The first kappa shape index (κ1) is 13.0. The third-order valence-electron chi connectivity index (χ3n) is 2.69. The fourth-order valence-electron chi connectivity index (χ4n) is 1.72. The number of pyridine rings is 2. The molecule has 0 saturated carbocycles. The van der Waals surface area contributed by atoms with Gasteiger partial charge in [-0.05, 0) is 24.3 Å². The Morgan fingerprint density at radius 3 is 2.80 bits per heavy atom. The van der Waals surface area contributed by atoms with Crippen LogP contribution in [0.15, 0.2) is 48.2 Å². The van der Waals surface area contributed by atoms with E-state index in [2.05, 4.69) is 20.3 Å². The van der Waals surface area contributed by atoms with Crippen LogP contribution in [0.3, 0.4) is 0 Å². The van der Waals surface area contributed by atoms with E-state index < -0.39 is 0 Å². The van der Waals surface area contributed by atoms with Crippen LogP contribution in [0.2, 0.25) is 5.02 Å². The molecule has 0 aliphatic carbocycles. The van der Waals surface area contributed by atoms with E-state index in [4.69, 9.17) is 11.6 Å². The first-order valence-electron chi connectivity index (χ1n) is 6.02. The summed E-state index contributed by atoms with van der Waals surface area (Å²) in [6, 6.07) is 7.50. The fourth-order valence-corrected chi connectivity index (χ4v) is 2.65. The molecule has 0 aliphatic rings. The molecule has 3 aromatic rings. The van der Waals surface area contributed by atoms with Crippen LogP contribution in [0.25, 0.3) is 11.3 Å². The van der Waals surface area contributed by atoms with E-state index in [1.54, 1.807) is 42.1 Å². The number of rotatable bonds is 4. The molecule has 1 N–H and O–H groups in total. The summed E-state index contributed by atoms with van der Waals surface area (Å²) >= 11 is 7.65. The van der Waals surface area contributed by atoms with E-state index in [9.17, 15) is 0 Å². The fraction of sp³-hybridized carbons (Fsp3) is 0.0714. The van der Waals surface area contributed by atoms with Gasteiger partial charge in [0.25, 0.3) is 0 Å². The predicted octanol–water partition coefficient (Wildman–Crippen LogP) is 3.87. The Bertz CT molecular complexity index is 699. The second kappa shape index (κ2) is 5.98. The minimum atomic E-state index is 0.604. The topological polar surface area (TPSA) is 50.7 Å². The van der Waals surface area contributed by atoms with E-state index in [1.165, 1.54) is 0 Å². The largest absolute Gasteiger partial charge is 0.362 e. The van der Waals surface area contributed by atoms with Crippen LogP contribution in [-0.2, 0) is 6.54 Å². The molecule has 0 radical (unpaired) electrons. The Balaban J connectivity index is 1.71. The minimum absolute atomic E-state index is 0.604. The summed E-state index contributed by atoms with van der Waals surface area (Å²) < 4.78 is 0. The van der Waals surface area contributed by atoms with E-state index in [1.807, 2.05) is 17.5 Å². The van der Waals surface area contributed by atoms with E-state index in [0.717, 1.165) is 16.3 Å². The number of thiazole rings is 1. The highest BCUT2D eigenvalue weighted by atomic mass is 35.5. The number of hydrogen-bond acceptors (Lipinski definition) is 5. The molecule has 0 fully saturated rings. The second-order valence-electron chi connectivity index (χ2n) is 4.05. The van der Waals surface area contributed by atoms with Gasteiger partial charge in [0.05, 0.1) is 17.3 Å². The summed E-state index contributed by atoms with van der Waals surface area (Å²) in [6.07, 6.45) is 5.24. The molecule has 20 heavy (non-hydrogen) atoms. The van der Waals surface area contributed by atoms with Gasteiger partial charge in [-0.15, -0.1) is 11.3 Å². The van der Waals surface area contributed by atoms with Gasteiger partial charge in [-0.3, -0.25) is 4.98 Å². The summed E-state index contributed by atoms with van der Waals surface area (Å²) in [5.74, 6) is 0.676. The van der Waals surface area contributed by atoms with Crippen LogP contribution in [0.4, 0.5) is 5.82 Å². The van der Waals surface area contributed by atoms with Crippen LogP contribution < -0.4 is 5.32 Å².